The molecule has 6 rings (SSSR count). The Morgan fingerprint density at radius 3 is 2.44 bits per heavy atom. The Kier molecular flexibility index (Phi) is 3.62. The average Bonchev–Trinajstić information content (AvgIpc) is 3.24. The molecule has 2 amide bonds. The third-order valence-corrected chi connectivity index (χ3v) is 7.51. The van der Waals surface area contributed by atoms with Crippen molar-refractivity contribution < 1.29 is 9.59 Å². The molecule has 1 aromatic heterocycles. The summed E-state index contributed by atoms with van der Waals surface area (Å²) < 4.78 is 0. The van der Waals surface area contributed by atoms with Gasteiger partial charge in [-0.05, 0) is 69.1 Å². The van der Waals surface area contributed by atoms with Crippen LogP contribution >= 0.6 is 11.3 Å². The van der Waals surface area contributed by atoms with Crippen molar-refractivity contribution in [3.63, 3.8) is 0 Å². The van der Waals surface area contributed by atoms with Crippen molar-refractivity contribution in [2.24, 2.45) is 23.2 Å². The molecule has 134 valence electrons. The summed E-state index contributed by atoms with van der Waals surface area (Å²) in [6.45, 7) is 0.717. The Morgan fingerprint density at radius 1 is 1.16 bits per heavy atom. The van der Waals surface area contributed by atoms with Crippen molar-refractivity contribution in [1.82, 2.24) is 15.1 Å². The van der Waals surface area contributed by atoms with Crippen molar-refractivity contribution in [2.45, 2.75) is 57.4 Å². The largest absolute Gasteiger partial charge is 0.330 e. The number of hydrogen-bond acceptors (Lipinski definition) is 5. The van der Waals surface area contributed by atoms with E-state index in [4.69, 9.17) is 0 Å². The lowest BCUT2D eigenvalue weighted by Gasteiger charge is -2.56. The molecule has 5 aliphatic rings. The van der Waals surface area contributed by atoms with Gasteiger partial charge in [0.2, 0.25) is 16.9 Å². The summed E-state index contributed by atoms with van der Waals surface area (Å²) in [5.74, 6) is 2.39. The molecule has 0 spiro atoms. The van der Waals surface area contributed by atoms with E-state index < -0.39 is 0 Å². The van der Waals surface area contributed by atoms with Crippen LogP contribution < -0.4 is 5.32 Å². The van der Waals surface area contributed by atoms with E-state index in [2.05, 4.69) is 15.5 Å². The number of likely N-dealkylation sites (tertiary alicyclic amines) is 1. The smallest absolute Gasteiger partial charge is 0.249 e. The summed E-state index contributed by atoms with van der Waals surface area (Å²) in [4.78, 5) is 28.1. The molecule has 4 bridgehead atoms. The molecule has 1 N–H and O–H groups in total. The monoisotopic (exact) mass is 360 g/mol. The van der Waals surface area contributed by atoms with Crippen molar-refractivity contribution in [2.75, 3.05) is 11.9 Å². The van der Waals surface area contributed by atoms with E-state index in [1.165, 1.54) is 30.6 Å². The maximum atomic E-state index is 13.5. The Hall–Kier alpha value is -1.50. The third-order valence-electron chi connectivity index (χ3n) is 6.90. The predicted octanol–water partition coefficient (Wildman–Crippen LogP) is 2.68. The van der Waals surface area contributed by atoms with E-state index in [1.807, 2.05) is 4.90 Å². The Morgan fingerprint density at radius 2 is 1.84 bits per heavy atom. The molecule has 0 aromatic carbocycles. The molecule has 4 aliphatic carbocycles. The molecular weight excluding hydrogens is 336 g/mol. The van der Waals surface area contributed by atoms with Gasteiger partial charge in [0.25, 0.3) is 0 Å². The van der Waals surface area contributed by atoms with E-state index >= 15 is 0 Å². The minimum Gasteiger partial charge on any atom is -0.330 e. The summed E-state index contributed by atoms with van der Waals surface area (Å²) >= 11 is 1.31. The highest BCUT2D eigenvalue weighted by atomic mass is 32.1. The number of carbonyl (C=O) groups excluding carboxylic acids is 2. The fourth-order valence-corrected chi connectivity index (χ4v) is 6.82. The SMILES string of the molecule is O=C(Nc1nncs1)C1CCCN1C(=O)C12CC3CC(CC(C3)C1)C2. The second kappa shape index (κ2) is 5.76. The average molecular weight is 360 g/mol. The second-order valence-electron chi connectivity index (χ2n) is 8.59. The van der Waals surface area contributed by atoms with Gasteiger partial charge in [-0.15, -0.1) is 10.2 Å². The maximum absolute atomic E-state index is 13.5. The molecule has 1 aliphatic heterocycles. The van der Waals surface area contributed by atoms with Gasteiger partial charge in [-0.1, -0.05) is 11.3 Å². The minimum atomic E-state index is -0.343. The van der Waals surface area contributed by atoms with Crippen LogP contribution in [0, 0.1) is 23.2 Å². The first-order chi connectivity index (χ1) is 12.1. The fraction of sp³-hybridized carbons (Fsp3) is 0.778. The van der Waals surface area contributed by atoms with Gasteiger partial charge in [-0.3, -0.25) is 14.9 Å². The van der Waals surface area contributed by atoms with Gasteiger partial charge in [-0.25, -0.2) is 0 Å². The van der Waals surface area contributed by atoms with Crippen LogP contribution in [-0.2, 0) is 9.59 Å². The van der Waals surface area contributed by atoms with Crippen LogP contribution in [0.4, 0.5) is 5.13 Å². The van der Waals surface area contributed by atoms with Crippen LogP contribution in [0.3, 0.4) is 0 Å². The number of carbonyl (C=O) groups is 2. The van der Waals surface area contributed by atoms with Gasteiger partial charge in [-0.2, -0.15) is 0 Å². The molecule has 1 saturated heterocycles. The van der Waals surface area contributed by atoms with Crippen LogP contribution in [0.1, 0.15) is 51.4 Å². The first kappa shape index (κ1) is 15.7. The molecule has 0 radical (unpaired) electrons. The lowest BCUT2D eigenvalue weighted by molar-refractivity contribution is -0.160. The minimum absolute atomic E-state index is 0.104. The van der Waals surface area contributed by atoms with Crippen molar-refractivity contribution in [3.05, 3.63) is 5.51 Å². The molecule has 5 fully saturated rings. The van der Waals surface area contributed by atoms with Gasteiger partial charge < -0.3 is 4.90 Å². The zero-order valence-electron chi connectivity index (χ0n) is 14.3. The van der Waals surface area contributed by atoms with Gasteiger partial charge in [0, 0.05) is 6.54 Å². The first-order valence-corrected chi connectivity index (χ1v) is 10.4. The van der Waals surface area contributed by atoms with Crippen molar-refractivity contribution in [1.29, 1.82) is 0 Å². The van der Waals surface area contributed by atoms with E-state index in [1.54, 1.807) is 5.51 Å². The number of amides is 2. The highest BCUT2D eigenvalue weighted by molar-refractivity contribution is 7.13. The lowest BCUT2D eigenvalue weighted by Crippen LogP contribution is -2.56. The van der Waals surface area contributed by atoms with E-state index in [-0.39, 0.29) is 23.3 Å². The van der Waals surface area contributed by atoms with Crippen molar-refractivity contribution >= 4 is 28.3 Å². The number of aromatic nitrogens is 2. The molecule has 25 heavy (non-hydrogen) atoms. The Balaban J connectivity index is 1.35. The first-order valence-electron chi connectivity index (χ1n) is 9.51. The zero-order chi connectivity index (χ0) is 17.0. The summed E-state index contributed by atoms with van der Waals surface area (Å²) in [6, 6.07) is -0.343. The number of rotatable bonds is 3. The second-order valence-corrected chi connectivity index (χ2v) is 9.42. The predicted molar refractivity (Wildman–Crippen MR) is 93.9 cm³/mol. The molecule has 1 unspecified atom stereocenters. The van der Waals surface area contributed by atoms with Crippen LogP contribution in [0.15, 0.2) is 5.51 Å². The third kappa shape index (κ3) is 2.58. The molecule has 6 nitrogen and oxygen atoms in total. The van der Waals surface area contributed by atoms with E-state index in [0.717, 1.165) is 56.4 Å². The molecule has 4 saturated carbocycles. The molecule has 1 aromatic rings. The standard InChI is InChI=1S/C18H24N4O2S/c23-15(20-17-21-19-10-25-17)14-2-1-3-22(14)16(24)18-7-11-4-12(8-18)6-13(5-11)9-18/h10-14H,1-9H2,(H,20,21,23). The zero-order valence-corrected chi connectivity index (χ0v) is 15.1. The molecule has 1 atom stereocenters. The summed E-state index contributed by atoms with van der Waals surface area (Å²) in [7, 11) is 0. The molecule has 7 heteroatoms. The Labute approximate surface area is 151 Å². The Bertz CT molecular complexity index is 654. The topological polar surface area (TPSA) is 75.2 Å². The lowest BCUT2D eigenvalue weighted by atomic mass is 9.49. The number of nitrogens with one attached hydrogen (secondary N) is 1. The van der Waals surface area contributed by atoms with Crippen LogP contribution in [-0.4, -0.2) is 39.5 Å². The van der Waals surface area contributed by atoms with E-state index in [0.29, 0.717) is 5.13 Å². The van der Waals surface area contributed by atoms with E-state index in [9.17, 15) is 9.59 Å². The van der Waals surface area contributed by atoms with Crippen LogP contribution in [0.25, 0.3) is 0 Å². The highest BCUT2D eigenvalue weighted by Crippen LogP contribution is 2.60. The summed E-state index contributed by atoms with van der Waals surface area (Å²) in [5, 5.41) is 11.0. The summed E-state index contributed by atoms with van der Waals surface area (Å²) in [5.41, 5.74) is 1.43. The number of nitrogens with zero attached hydrogens (tertiary/aromatic N) is 3. The quantitative estimate of drug-likeness (QED) is 0.899. The van der Waals surface area contributed by atoms with Crippen molar-refractivity contribution in [3.8, 4) is 0 Å². The maximum Gasteiger partial charge on any atom is 0.249 e. The number of hydrogen-bond donors (Lipinski definition) is 1. The van der Waals surface area contributed by atoms with Gasteiger partial charge >= 0.3 is 0 Å². The van der Waals surface area contributed by atoms with Gasteiger partial charge in [0.15, 0.2) is 0 Å². The van der Waals surface area contributed by atoms with Crippen LogP contribution in [0.5, 0.6) is 0 Å². The highest BCUT2D eigenvalue weighted by Gasteiger charge is 2.56. The molecular formula is C18H24N4O2S. The summed E-state index contributed by atoms with van der Waals surface area (Å²) in [6.07, 6.45) is 8.81. The van der Waals surface area contributed by atoms with Crippen LogP contribution in [0.2, 0.25) is 0 Å². The fourth-order valence-electron chi connectivity index (χ4n) is 6.38. The normalized spacial score (nSPS) is 39.0. The van der Waals surface area contributed by atoms with Gasteiger partial charge in [0.05, 0.1) is 5.41 Å². The molecule has 2 heterocycles. The number of anilines is 1. The van der Waals surface area contributed by atoms with Gasteiger partial charge in [0.1, 0.15) is 11.6 Å².